The van der Waals surface area contributed by atoms with E-state index in [1.54, 1.807) is 0 Å². The van der Waals surface area contributed by atoms with Gasteiger partial charge in [0.25, 0.3) is 0 Å². The fourth-order valence-corrected chi connectivity index (χ4v) is 5.16. The highest BCUT2D eigenvalue weighted by Gasteiger charge is 2.45. The molecule has 0 unspecified atom stereocenters. The van der Waals surface area contributed by atoms with Crippen LogP contribution in [-0.2, 0) is 14.2 Å². The van der Waals surface area contributed by atoms with Gasteiger partial charge in [0.1, 0.15) is 0 Å². The summed E-state index contributed by atoms with van der Waals surface area (Å²) >= 11 is 0. The van der Waals surface area contributed by atoms with Crippen molar-refractivity contribution in [3.05, 3.63) is 0 Å². The van der Waals surface area contributed by atoms with E-state index in [9.17, 15) is 0 Å². The van der Waals surface area contributed by atoms with E-state index in [1.165, 1.54) is 44.9 Å². The Kier molecular flexibility index (Phi) is 5.54. The summed E-state index contributed by atoms with van der Waals surface area (Å²) in [4.78, 5) is 2.80. The highest BCUT2D eigenvalue weighted by Crippen LogP contribution is 2.36. The van der Waals surface area contributed by atoms with Crippen LogP contribution < -0.4 is 0 Å². The van der Waals surface area contributed by atoms with Crippen LogP contribution in [0.5, 0.6) is 0 Å². The highest BCUT2D eigenvalue weighted by atomic mass is 16.5. The lowest BCUT2D eigenvalue weighted by Crippen LogP contribution is -2.55. The predicted octanol–water partition coefficient (Wildman–Crippen LogP) is 2.99. The summed E-state index contributed by atoms with van der Waals surface area (Å²) in [6.07, 6.45) is 12.5. The van der Waals surface area contributed by atoms with Crippen LogP contribution in [0.3, 0.4) is 0 Å². The largest absolute Gasteiger partial charge is 0.381 e. The summed E-state index contributed by atoms with van der Waals surface area (Å²) in [6, 6.07) is 1.43. The van der Waals surface area contributed by atoms with Crippen LogP contribution in [0.1, 0.15) is 57.8 Å². The molecule has 2 aliphatic heterocycles. The molecule has 132 valence electrons. The van der Waals surface area contributed by atoms with E-state index in [0.29, 0.717) is 24.2 Å². The number of ether oxygens (including phenoxy) is 3. The fraction of sp³-hybridized carbons (Fsp3) is 1.00. The second-order valence-electron chi connectivity index (χ2n) is 7.94. The predicted molar refractivity (Wildman–Crippen MR) is 89.6 cm³/mol. The third-order valence-corrected chi connectivity index (χ3v) is 6.51. The summed E-state index contributed by atoms with van der Waals surface area (Å²) in [5.41, 5.74) is 0. The van der Waals surface area contributed by atoms with Crippen LogP contribution >= 0.6 is 0 Å². The Morgan fingerprint density at radius 1 is 0.870 bits per heavy atom. The monoisotopic (exact) mass is 323 g/mol. The molecule has 0 bridgehead atoms. The lowest BCUT2D eigenvalue weighted by atomic mass is 9.92. The smallest absolute Gasteiger partial charge is 0.0992 e. The molecule has 23 heavy (non-hydrogen) atoms. The molecule has 4 heteroatoms. The molecule has 0 aromatic carbocycles. The fourth-order valence-electron chi connectivity index (χ4n) is 5.16. The Hall–Kier alpha value is -0.160. The van der Waals surface area contributed by atoms with Crippen LogP contribution in [0.2, 0.25) is 0 Å². The van der Waals surface area contributed by atoms with Crippen molar-refractivity contribution in [1.82, 2.24) is 4.90 Å². The Balaban J connectivity index is 1.31. The summed E-state index contributed by atoms with van der Waals surface area (Å²) in [5.74, 6) is 0.695. The molecule has 0 amide bonds. The third-order valence-electron chi connectivity index (χ3n) is 6.51. The molecule has 4 fully saturated rings. The zero-order chi connectivity index (χ0) is 15.5. The minimum Gasteiger partial charge on any atom is -0.381 e. The van der Waals surface area contributed by atoms with Crippen molar-refractivity contribution in [1.29, 1.82) is 0 Å². The number of nitrogens with zero attached hydrogens (tertiary/aromatic N) is 1. The Labute approximate surface area is 140 Å². The van der Waals surface area contributed by atoms with Crippen LogP contribution in [0.15, 0.2) is 0 Å². The van der Waals surface area contributed by atoms with Crippen molar-refractivity contribution in [2.75, 3.05) is 33.0 Å². The van der Waals surface area contributed by atoms with Gasteiger partial charge in [-0.25, -0.2) is 0 Å². The molecule has 4 aliphatic rings. The van der Waals surface area contributed by atoms with Crippen molar-refractivity contribution < 1.29 is 14.2 Å². The lowest BCUT2D eigenvalue weighted by molar-refractivity contribution is -0.130. The van der Waals surface area contributed by atoms with E-state index in [1.807, 2.05) is 0 Å². The highest BCUT2D eigenvalue weighted by molar-refractivity contribution is 4.98. The molecule has 2 heterocycles. The zero-order valence-electron chi connectivity index (χ0n) is 14.5. The molecule has 2 saturated heterocycles. The van der Waals surface area contributed by atoms with Gasteiger partial charge in [0.2, 0.25) is 0 Å². The van der Waals surface area contributed by atoms with Gasteiger partial charge in [0.05, 0.1) is 25.4 Å². The first kappa shape index (κ1) is 16.3. The van der Waals surface area contributed by atoms with Crippen molar-refractivity contribution in [2.24, 2.45) is 5.92 Å². The van der Waals surface area contributed by atoms with Crippen LogP contribution in [0.25, 0.3) is 0 Å². The number of morpholine rings is 1. The molecule has 0 spiro atoms. The SMILES string of the molecule is C1CCC(N2CCO[C@H]3[C@H](OCC4CCOCC4)CC[C@@H]32)CC1. The van der Waals surface area contributed by atoms with E-state index >= 15 is 0 Å². The number of rotatable bonds is 4. The molecule has 3 atom stereocenters. The molecular weight excluding hydrogens is 290 g/mol. The van der Waals surface area contributed by atoms with Gasteiger partial charge in [0, 0.05) is 31.8 Å². The minimum atomic E-state index is 0.325. The van der Waals surface area contributed by atoms with Gasteiger partial charge in [0.15, 0.2) is 0 Å². The van der Waals surface area contributed by atoms with Crippen LogP contribution in [0.4, 0.5) is 0 Å². The maximum atomic E-state index is 6.34. The normalized spacial score (nSPS) is 37.8. The molecule has 0 aromatic rings. The molecule has 2 aliphatic carbocycles. The number of hydrogen-bond acceptors (Lipinski definition) is 4. The van der Waals surface area contributed by atoms with Gasteiger partial charge in [-0.2, -0.15) is 0 Å². The van der Waals surface area contributed by atoms with Gasteiger partial charge in [-0.3, -0.25) is 4.90 Å². The van der Waals surface area contributed by atoms with E-state index in [4.69, 9.17) is 14.2 Å². The topological polar surface area (TPSA) is 30.9 Å². The first-order chi connectivity index (χ1) is 11.4. The zero-order valence-corrected chi connectivity index (χ0v) is 14.5. The first-order valence-electron chi connectivity index (χ1n) is 9.98. The van der Waals surface area contributed by atoms with Crippen molar-refractivity contribution in [3.63, 3.8) is 0 Å². The van der Waals surface area contributed by atoms with E-state index in [-0.39, 0.29) is 0 Å². The van der Waals surface area contributed by atoms with Gasteiger partial charge in [-0.15, -0.1) is 0 Å². The first-order valence-corrected chi connectivity index (χ1v) is 9.98. The quantitative estimate of drug-likeness (QED) is 0.796. The Bertz CT molecular complexity index is 366. The van der Waals surface area contributed by atoms with Crippen LogP contribution in [0, 0.1) is 5.92 Å². The third kappa shape index (κ3) is 3.76. The summed E-state index contributed by atoms with van der Waals surface area (Å²) < 4.78 is 18.0. The van der Waals surface area contributed by atoms with Crippen molar-refractivity contribution in [2.45, 2.75) is 82.1 Å². The Morgan fingerprint density at radius 3 is 2.52 bits per heavy atom. The standard InChI is InChI=1S/C19H33NO3/c1-2-4-16(5-3-1)20-10-13-22-19-17(20)6-7-18(19)23-14-15-8-11-21-12-9-15/h15-19H,1-14H2/t17-,18+,19+/m0/s1. The minimum absolute atomic E-state index is 0.325. The average Bonchev–Trinajstić information content (AvgIpc) is 3.05. The number of hydrogen-bond donors (Lipinski definition) is 0. The van der Waals surface area contributed by atoms with Crippen LogP contribution in [-0.4, -0.2) is 62.2 Å². The van der Waals surface area contributed by atoms with Gasteiger partial charge < -0.3 is 14.2 Å². The second-order valence-corrected chi connectivity index (χ2v) is 7.94. The summed E-state index contributed by atoms with van der Waals surface area (Å²) in [6.45, 7) is 4.77. The summed E-state index contributed by atoms with van der Waals surface area (Å²) in [5, 5.41) is 0. The summed E-state index contributed by atoms with van der Waals surface area (Å²) in [7, 11) is 0. The van der Waals surface area contributed by atoms with E-state index < -0.39 is 0 Å². The molecule has 0 N–H and O–H groups in total. The lowest BCUT2D eigenvalue weighted by Gasteiger charge is -2.44. The second kappa shape index (κ2) is 7.81. The van der Waals surface area contributed by atoms with Gasteiger partial charge in [-0.1, -0.05) is 19.3 Å². The molecule has 0 radical (unpaired) electrons. The van der Waals surface area contributed by atoms with Gasteiger partial charge >= 0.3 is 0 Å². The van der Waals surface area contributed by atoms with E-state index in [0.717, 1.165) is 51.9 Å². The molecule has 0 aromatic heterocycles. The van der Waals surface area contributed by atoms with Crippen molar-refractivity contribution >= 4 is 0 Å². The van der Waals surface area contributed by atoms with E-state index in [2.05, 4.69) is 4.90 Å². The molecular formula is C19H33NO3. The maximum Gasteiger partial charge on any atom is 0.0992 e. The average molecular weight is 323 g/mol. The Morgan fingerprint density at radius 2 is 1.70 bits per heavy atom. The number of fused-ring (bicyclic) bond motifs is 1. The molecule has 2 saturated carbocycles. The molecule has 4 rings (SSSR count). The van der Waals surface area contributed by atoms with Gasteiger partial charge in [-0.05, 0) is 44.4 Å². The maximum absolute atomic E-state index is 6.34. The van der Waals surface area contributed by atoms with Crippen molar-refractivity contribution in [3.8, 4) is 0 Å². The molecule has 4 nitrogen and oxygen atoms in total.